The predicted octanol–water partition coefficient (Wildman–Crippen LogP) is 4.02. The number of thiol groups is 1. The molecule has 1 heterocycles. The summed E-state index contributed by atoms with van der Waals surface area (Å²) in [5.74, 6) is 0. The van der Waals surface area contributed by atoms with Gasteiger partial charge in [-0.05, 0) is 60.3 Å². The molecule has 1 aliphatic rings. The summed E-state index contributed by atoms with van der Waals surface area (Å²) in [6, 6.07) is 0.546. The lowest BCUT2D eigenvalue weighted by Crippen LogP contribution is -2.63. The number of hydrogen-bond donors (Lipinski definition) is 2. The first-order chi connectivity index (χ1) is 8.05. The quantitative estimate of drug-likeness (QED) is 0.752. The molecule has 0 aromatic rings. The van der Waals surface area contributed by atoms with E-state index in [0.29, 0.717) is 6.04 Å². The predicted molar refractivity (Wildman–Crippen MR) is 84.1 cm³/mol. The molecule has 0 unspecified atom stereocenters. The van der Waals surface area contributed by atoms with Crippen LogP contribution in [0.3, 0.4) is 0 Å². The first-order valence-electron chi connectivity index (χ1n) is 7.33. The van der Waals surface area contributed by atoms with Crippen molar-refractivity contribution in [3.8, 4) is 0 Å². The van der Waals surface area contributed by atoms with Crippen molar-refractivity contribution in [3.63, 3.8) is 0 Å². The number of nitrogens with zero attached hydrogens (tertiary/aromatic N) is 1. The molecule has 1 fully saturated rings. The molecule has 2 nitrogen and oxygen atoms in total. The van der Waals surface area contributed by atoms with E-state index in [-0.39, 0.29) is 16.6 Å². The standard InChI is InChI=1S/C15H32N2S/c1-8-15(7,9-2)17(18)12-10-13(3,4)16-14(5,6)11-12/h12,16,18H,8-11H2,1-7H3. The van der Waals surface area contributed by atoms with Gasteiger partial charge in [0.25, 0.3) is 0 Å². The van der Waals surface area contributed by atoms with Gasteiger partial charge in [0.05, 0.1) is 0 Å². The SMILES string of the molecule is CCC(C)(CC)N(S)C1CC(C)(C)NC(C)(C)C1. The van der Waals surface area contributed by atoms with Crippen LogP contribution in [0.5, 0.6) is 0 Å². The van der Waals surface area contributed by atoms with E-state index in [1.54, 1.807) is 0 Å². The van der Waals surface area contributed by atoms with Gasteiger partial charge in [-0.15, -0.1) is 0 Å². The first-order valence-corrected chi connectivity index (χ1v) is 7.73. The highest BCUT2D eigenvalue weighted by Crippen LogP contribution is 2.37. The highest BCUT2D eigenvalue weighted by Gasteiger charge is 2.42. The zero-order chi connectivity index (χ0) is 14.2. The Bertz CT molecular complexity index is 266. The monoisotopic (exact) mass is 272 g/mol. The number of hydrogen-bond acceptors (Lipinski definition) is 3. The minimum Gasteiger partial charge on any atom is -0.307 e. The summed E-state index contributed by atoms with van der Waals surface area (Å²) in [6.45, 7) is 16.1. The Balaban J connectivity index is 2.89. The molecular formula is C15H32N2S. The van der Waals surface area contributed by atoms with E-state index in [2.05, 4.69) is 58.1 Å². The lowest BCUT2D eigenvalue weighted by atomic mass is 9.78. The lowest BCUT2D eigenvalue weighted by Gasteiger charge is -2.52. The lowest BCUT2D eigenvalue weighted by molar-refractivity contribution is 0.0646. The van der Waals surface area contributed by atoms with Crippen molar-refractivity contribution in [1.82, 2.24) is 9.62 Å². The summed E-state index contributed by atoms with van der Waals surface area (Å²) in [4.78, 5) is 0. The molecule has 0 aromatic heterocycles. The minimum absolute atomic E-state index is 0.190. The largest absolute Gasteiger partial charge is 0.307 e. The second-order valence-electron chi connectivity index (χ2n) is 7.50. The molecule has 0 amide bonds. The van der Waals surface area contributed by atoms with Gasteiger partial charge in [0.1, 0.15) is 0 Å². The van der Waals surface area contributed by atoms with Crippen molar-refractivity contribution in [3.05, 3.63) is 0 Å². The fraction of sp³-hybridized carbons (Fsp3) is 1.00. The molecule has 18 heavy (non-hydrogen) atoms. The van der Waals surface area contributed by atoms with Crippen LogP contribution in [0.4, 0.5) is 0 Å². The third-order valence-electron chi connectivity index (χ3n) is 4.59. The van der Waals surface area contributed by atoms with Gasteiger partial charge in [-0.2, -0.15) is 0 Å². The summed E-state index contributed by atoms with van der Waals surface area (Å²) >= 11 is 4.88. The number of rotatable bonds is 4. The first kappa shape index (κ1) is 16.3. The Hall–Kier alpha value is 0.270. The average molecular weight is 273 g/mol. The van der Waals surface area contributed by atoms with Crippen molar-refractivity contribution < 1.29 is 0 Å². The van der Waals surface area contributed by atoms with Crippen molar-refractivity contribution in [2.45, 2.75) is 96.8 Å². The average Bonchev–Trinajstić information content (AvgIpc) is 2.22. The van der Waals surface area contributed by atoms with Crippen LogP contribution in [0.1, 0.15) is 74.1 Å². The maximum atomic E-state index is 4.88. The topological polar surface area (TPSA) is 15.3 Å². The van der Waals surface area contributed by atoms with Gasteiger partial charge in [-0.3, -0.25) is 0 Å². The maximum absolute atomic E-state index is 4.88. The fourth-order valence-corrected chi connectivity index (χ4v) is 3.90. The molecule has 1 N–H and O–H groups in total. The van der Waals surface area contributed by atoms with Crippen molar-refractivity contribution in [2.75, 3.05) is 0 Å². The van der Waals surface area contributed by atoms with Crippen LogP contribution in [0.25, 0.3) is 0 Å². The summed E-state index contributed by atoms with van der Waals surface area (Å²) in [6.07, 6.45) is 4.63. The van der Waals surface area contributed by atoms with E-state index in [1.165, 1.54) is 0 Å². The van der Waals surface area contributed by atoms with E-state index in [1.807, 2.05) is 0 Å². The molecule has 1 aliphatic heterocycles. The van der Waals surface area contributed by atoms with E-state index in [9.17, 15) is 0 Å². The van der Waals surface area contributed by atoms with Crippen LogP contribution < -0.4 is 5.32 Å². The molecule has 0 saturated carbocycles. The fourth-order valence-electron chi connectivity index (χ4n) is 3.46. The molecule has 1 rings (SSSR count). The summed E-state index contributed by atoms with van der Waals surface area (Å²) in [5.41, 5.74) is 0.586. The Labute approximate surface area is 119 Å². The van der Waals surface area contributed by atoms with E-state index < -0.39 is 0 Å². The van der Waals surface area contributed by atoms with E-state index in [0.717, 1.165) is 25.7 Å². The molecule has 108 valence electrons. The summed E-state index contributed by atoms with van der Waals surface area (Å²) in [7, 11) is 0. The maximum Gasteiger partial charge on any atom is 0.0281 e. The van der Waals surface area contributed by atoms with Crippen LogP contribution in [0.2, 0.25) is 0 Å². The van der Waals surface area contributed by atoms with Crippen LogP contribution in [0, 0.1) is 0 Å². The Morgan fingerprint density at radius 1 is 1.11 bits per heavy atom. The molecule has 0 spiro atoms. The van der Waals surface area contributed by atoms with Crippen molar-refractivity contribution >= 4 is 12.8 Å². The minimum atomic E-state index is 0.190. The molecule has 0 aromatic carbocycles. The second-order valence-corrected chi connectivity index (χ2v) is 7.93. The van der Waals surface area contributed by atoms with Gasteiger partial charge in [-0.25, -0.2) is 4.31 Å². The Morgan fingerprint density at radius 2 is 1.50 bits per heavy atom. The second kappa shape index (κ2) is 5.34. The summed E-state index contributed by atoms with van der Waals surface area (Å²) in [5, 5.41) is 3.74. The third-order valence-corrected chi connectivity index (χ3v) is 5.40. The van der Waals surface area contributed by atoms with Crippen molar-refractivity contribution in [2.24, 2.45) is 0 Å². The van der Waals surface area contributed by atoms with Gasteiger partial charge < -0.3 is 5.32 Å². The van der Waals surface area contributed by atoms with Crippen LogP contribution in [0.15, 0.2) is 0 Å². The van der Waals surface area contributed by atoms with Crippen LogP contribution in [-0.2, 0) is 0 Å². The zero-order valence-electron chi connectivity index (χ0n) is 13.3. The third kappa shape index (κ3) is 3.64. The van der Waals surface area contributed by atoms with E-state index >= 15 is 0 Å². The Kier molecular flexibility index (Phi) is 4.84. The molecular weight excluding hydrogens is 240 g/mol. The van der Waals surface area contributed by atoms with Gasteiger partial charge in [0.2, 0.25) is 0 Å². The van der Waals surface area contributed by atoms with Crippen LogP contribution in [-0.4, -0.2) is 27.0 Å². The number of piperidine rings is 1. The van der Waals surface area contributed by atoms with Crippen LogP contribution >= 0.6 is 12.8 Å². The smallest absolute Gasteiger partial charge is 0.0281 e. The molecule has 1 saturated heterocycles. The molecule has 3 heteroatoms. The highest BCUT2D eigenvalue weighted by atomic mass is 32.1. The zero-order valence-corrected chi connectivity index (χ0v) is 14.2. The highest BCUT2D eigenvalue weighted by molar-refractivity contribution is 7.77. The van der Waals surface area contributed by atoms with Gasteiger partial charge >= 0.3 is 0 Å². The molecule has 0 atom stereocenters. The van der Waals surface area contributed by atoms with Crippen molar-refractivity contribution in [1.29, 1.82) is 0 Å². The number of nitrogens with one attached hydrogen (secondary N) is 1. The Morgan fingerprint density at radius 3 is 1.83 bits per heavy atom. The van der Waals surface area contributed by atoms with Gasteiger partial charge in [0.15, 0.2) is 0 Å². The molecule has 0 radical (unpaired) electrons. The molecule has 0 aliphatic carbocycles. The van der Waals surface area contributed by atoms with Gasteiger partial charge in [0, 0.05) is 22.7 Å². The molecule has 0 bridgehead atoms. The van der Waals surface area contributed by atoms with E-state index in [4.69, 9.17) is 12.8 Å². The van der Waals surface area contributed by atoms with Gasteiger partial charge in [-0.1, -0.05) is 26.7 Å². The normalized spacial score (nSPS) is 24.5. The summed E-state index contributed by atoms with van der Waals surface area (Å²) < 4.78 is 2.34.